The highest BCUT2D eigenvalue weighted by Gasteiger charge is 2.10. The Labute approximate surface area is 112 Å². The lowest BCUT2D eigenvalue weighted by Crippen LogP contribution is -2.27. The van der Waals surface area contributed by atoms with E-state index >= 15 is 0 Å². The van der Waals surface area contributed by atoms with E-state index in [1.807, 2.05) is 25.1 Å². The molecule has 1 aromatic heterocycles. The number of benzene rings is 1. The largest absolute Gasteiger partial charge is 0.383 e. The summed E-state index contributed by atoms with van der Waals surface area (Å²) in [5.74, 6) is 1.36. The van der Waals surface area contributed by atoms with Crippen LogP contribution in [0.5, 0.6) is 0 Å². The summed E-state index contributed by atoms with van der Waals surface area (Å²) in [6.07, 6.45) is 0. The first-order valence-corrected chi connectivity index (χ1v) is 6.46. The normalized spacial score (nSPS) is 12.6. The second-order valence-electron chi connectivity index (χ2n) is 4.30. The number of pyridine rings is 1. The molecule has 2 rings (SSSR count). The first-order valence-electron chi connectivity index (χ1n) is 5.92. The number of nitrogens with one attached hydrogen (secondary N) is 1. The summed E-state index contributed by atoms with van der Waals surface area (Å²) in [6, 6.07) is 10.3. The highest BCUT2D eigenvalue weighted by Crippen LogP contribution is 2.20. The van der Waals surface area contributed by atoms with Crippen LogP contribution in [0.2, 0.25) is 0 Å². The van der Waals surface area contributed by atoms with Crippen LogP contribution in [0.3, 0.4) is 0 Å². The number of alkyl halides is 1. The van der Waals surface area contributed by atoms with E-state index in [1.54, 1.807) is 7.11 Å². The van der Waals surface area contributed by atoms with E-state index in [4.69, 9.17) is 16.3 Å². The average Bonchev–Trinajstić information content (AvgIpc) is 2.39. The molecule has 1 atom stereocenters. The minimum Gasteiger partial charge on any atom is -0.383 e. The van der Waals surface area contributed by atoms with Crippen molar-refractivity contribution in [2.75, 3.05) is 24.9 Å². The van der Waals surface area contributed by atoms with Gasteiger partial charge >= 0.3 is 0 Å². The van der Waals surface area contributed by atoms with Crippen LogP contribution in [0, 0.1) is 6.92 Å². The van der Waals surface area contributed by atoms with Crippen molar-refractivity contribution in [3.8, 4) is 0 Å². The SMILES string of the molecule is COCC(CCl)Nc1nc2ccccc2cc1C. The molecule has 0 fully saturated rings. The predicted octanol–water partition coefficient (Wildman–Crippen LogP) is 3.21. The fourth-order valence-electron chi connectivity index (χ4n) is 1.89. The van der Waals surface area contributed by atoms with Gasteiger partial charge in [-0.05, 0) is 24.6 Å². The molecule has 0 aliphatic heterocycles. The van der Waals surface area contributed by atoms with Gasteiger partial charge in [-0.3, -0.25) is 0 Å². The molecule has 4 heteroatoms. The molecule has 3 nitrogen and oxygen atoms in total. The summed E-state index contributed by atoms with van der Waals surface area (Å²) in [7, 11) is 1.67. The van der Waals surface area contributed by atoms with Gasteiger partial charge in [-0.1, -0.05) is 18.2 Å². The van der Waals surface area contributed by atoms with Gasteiger partial charge in [-0.2, -0.15) is 0 Å². The molecule has 0 bridgehead atoms. The monoisotopic (exact) mass is 264 g/mol. The number of halogens is 1. The van der Waals surface area contributed by atoms with Crippen molar-refractivity contribution in [1.82, 2.24) is 4.98 Å². The number of hydrogen-bond donors (Lipinski definition) is 1. The number of fused-ring (bicyclic) bond motifs is 1. The zero-order valence-corrected chi connectivity index (χ0v) is 11.4. The van der Waals surface area contributed by atoms with E-state index in [1.165, 1.54) is 0 Å². The molecule has 0 radical (unpaired) electrons. The van der Waals surface area contributed by atoms with Crippen LogP contribution in [0.25, 0.3) is 10.9 Å². The number of nitrogens with zero attached hydrogens (tertiary/aromatic N) is 1. The van der Waals surface area contributed by atoms with Crippen LogP contribution in [0.4, 0.5) is 5.82 Å². The molecule has 1 unspecified atom stereocenters. The Kier molecular flexibility index (Phi) is 4.39. The van der Waals surface area contributed by atoms with Crippen LogP contribution < -0.4 is 5.32 Å². The van der Waals surface area contributed by atoms with E-state index in [0.29, 0.717) is 12.5 Å². The average molecular weight is 265 g/mol. The van der Waals surface area contributed by atoms with E-state index in [-0.39, 0.29) is 6.04 Å². The molecule has 0 saturated carbocycles. The van der Waals surface area contributed by atoms with Crippen LogP contribution in [-0.4, -0.2) is 30.6 Å². The molecule has 1 aromatic carbocycles. The summed E-state index contributed by atoms with van der Waals surface area (Å²) in [5.41, 5.74) is 2.09. The minimum atomic E-state index is 0.0732. The molecule has 18 heavy (non-hydrogen) atoms. The van der Waals surface area contributed by atoms with Gasteiger partial charge in [0.25, 0.3) is 0 Å². The van der Waals surface area contributed by atoms with Crippen molar-refractivity contribution >= 4 is 28.3 Å². The predicted molar refractivity (Wildman–Crippen MR) is 76.5 cm³/mol. The molecule has 96 valence electrons. The number of para-hydroxylation sites is 1. The maximum absolute atomic E-state index is 5.90. The number of rotatable bonds is 5. The second-order valence-corrected chi connectivity index (χ2v) is 4.61. The summed E-state index contributed by atoms with van der Waals surface area (Å²) in [6.45, 7) is 2.61. The summed E-state index contributed by atoms with van der Waals surface area (Å²) in [4.78, 5) is 4.62. The first-order chi connectivity index (χ1) is 8.74. The molecule has 0 aliphatic rings. The Morgan fingerprint density at radius 1 is 1.39 bits per heavy atom. The summed E-state index contributed by atoms with van der Waals surface area (Å²) in [5, 5.41) is 4.47. The third-order valence-corrected chi connectivity index (χ3v) is 3.18. The van der Waals surface area contributed by atoms with Gasteiger partial charge in [0.15, 0.2) is 0 Å². The van der Waals surface area contributed by atoms with E-state index in [0.717, 1.165) is 22.3 Å². The van der Waals surface area contributed by atoms with Gasteiger partial charge in [0.1, 0.15) is 5.82 Å². The molecule has 0 amide bonds. The highest BCUT2D eigenvalue weighted by atomic mass is 35.5. The molecule has 1 N–H and O–H groups in total. The molecule has 0 saturated heterocycles. The van der Waals surface area contributed by atoms with E-state index < -0.39 is 0 Å². The van der Waals surface area contributed by atoms with Crippen molar-refractivity contribution in [1.29, 1.82) is 0 Å². The smallest absolute Gasteiger partial charge is 0.129 e. The number of hydrogen-bond acceptors (Lipinski definition) is 3. The van der Waals surface area contributed by atoms with Crippen molar-refractivity contribution < 1.29 is 4.74 Å². The molecule has 0 spiro atoms. The number of aryl methyl sites for hydroxylation is 1. The fourth-order valence-corrected chi connectivity index (χ4v) is 2.05. The Morgan fingerprint density at radius 3 is 2.89 bits per heavy atom. The van der Waals surface area contributed by atoms with Crippen LogP contribution in [0.1, 0.15) is 5.56 Å². The highest BCUT2D eigenvalue weighted by molar-refractivity contribution is 6.18. The lowest BCUT2D eigenvalue weighted by atomic mass is 10.1. The Hall–Kier alpha value is -1.32. The topological polar surface area (TPSA) is 34.1 Å². The van der Waals surface area contributed by atoms with Crippen molar-refractivity contribution in [3.05, 3.63) is 35.9 Å². The molecular weight excluding hydrogens is 248 g/mol. The second kappa shape index (κ2) is 6.03. The zero-order valence-electron chi connectivity index (χ0n) is 10.6. The third-order valence-electron chi connectivity index (χ3n) is 2.81. The lowest BCUT2D eigenvalue weighted by molar-refractivity contribution is 0.191. The molecular formula is C14H17ClN2O. The number of methoxy groups -OCH3 is 1. The van der Waals surface area contributed by atoms with Crippen LogP contribution in [-0.2, 0) is 4.74 Å². The Morgan fingerprint density at radius 2 is 2.17 bits per heavy atom. The molecule has 1 heterocycles. The van der Waals surface area contributed by atoms with E-state index in [9.17, 15) is 0 Å². The van der Waals surface area contributed by atoms with E-state index in [2.05, 4.69) is 22.4 Å². The van der Waals surface area contributed by atoms with Gasteiger partial charge in [0, 0.05) is 18.4 Å². The van der Waals surface area contributed by atoms with Crippen LogP contribution in [0.15, 0.2) is 30.3 Å². The summed E-state index contributed by atoms with van der Waals surface area (Å²) >= 11 is 5.90. The zero-order chi connectivity index (χ0) is 13.0. The minimum absolute atomic E-state index is 0.0732. The van der Waals surface area contributed by atoms with Gasteiger partial charge < -0.3 is 10.1 Å². The van der Waals surface area contributed by atoms with Crippen molar-refractivity contribution in [3.63, 3.8) is 0 Å². The Balaban J connectivity index is 2.29. The lowest BCUT2D eigenvalue weighted by Gasteiger charge is -2.17. The number of anilines is 1. The van der Waals surface area contributed by atoms with Gasteiger partial charge in [0.05, 0.1) is 18.2 Å². The molecule has 0 aliphatic carbocycles. The standard InChI is InChI=1S/C14H17ClN2O/c1-10-7-11-5-3-4-6-13(11)17-14(10)16-12(8-15)9-18-2/h3-7,12H,8-9H2,1-2H3,(H,16,17). The van der Waals surface area contributed by atoms with Gasteiger partial charge in [0.2, 0.25) is 0 Å². The molecule has 2 aromatic rings. The Bertz CT molecular complexity index is 530. The van der Waals surface area contributed by atoms with Gasteiger partial charge in [-0.15, -0.1) is 11.6 Å². The van der Waals surface area contributed by atoms with Crippen LogP contribution >= 0.6 is 11.6 Å². The number of aromatic nitrogens is 1. The quantitative estimate of drug-likeness (QED) is 0.842. The fraction of sp³-hybridized carbons (Fsp3) is 0.357. The number of ether oxygens (including phenoxy) is 1. The third kappa shape index (κ3) is 2.92. The maximum Gasteiger partial charge on any atom is 0.129 e. The van der Waals surface area contributed by atoms with Crippen molar-refractivity contribution in [2.24, 2.45) is 0 Å². The maximum atomic E-state index is 5.90. The first kappa shape index (κ1) is 13.1. The van der Waals surface area contributed by atoms with Gasteiger partial charge in [-0.25, -0.2) is 4.98 Å². The van der Waals surface area contributed by atoms with Crippen molar-refractivity contribution in [2.45, 2.75) is 13.0 Å². The summed E-state index contributed by atoms with van der Waals surface area (Å²) < 4.78 is 5.12.